The van der Waals surface area contributed by atoms with Gasteiger partial charge in [-0.25, -0.2) is 9.97 Å². The minimum Gasteiger partial charge on any atom is -0.397 e. The lowest BCUT2D eigenvalue weighted by Crippen LogP contribution is -2.23. The van der Waals surface area contributed by atoms with Crippen LogP contribution >= 0.6 is 11.8 Å². The van der Waals surface area contributed by atoms with Crippen LogP contribution in [0.4, 0.5) is 5.69 Å². The first-order chi connectivity index (χ1) is 8.59. The van der Waals surface area contributed by atoms with E-state index < -0.39 is 0 Å². The van der Waals surface area contributed by atoms with E-state index in [1.807, 2.05) is 13.8 Å². The van der Waals surface area contributed by atoms with E-state index in [-0.39, 0.29) is 11.6 Å². The van der Waals surface area contributed by atoms with Gasteiger partial charge in [-0.3, -0.25) is 4.79 Å². The van der Waals surface area contributed by atoms with Gasteiger partial charge in [-0.05, 0) is 37.7 Å². The molecule has 0 aliphatic carbocycles. The molecular formula is C12H14N4OS. The van der Waals surface area contributed by atoms with Crippen LogP contribution in [0.2, 0.25) is 0 Å². The summed E-state index contributed by atoms with van der Waals surface area (Å²) in [5.74, 6) is 0. The number of nitrogens with two attached hydrogens (primary N) is 1. The number of nitrogen functional groups attached to an aromatic ring is 1. The van der Waals surface area contributed by atoms with Crippen LogP contribution in [-0.4, -0.2) is 14.5 Å². The topological polar surface area (TPSA) is 73.8 Å². The van der Waals surface area contributed by atoms with Crippen LogP contribution in [0.1, 0.15) is 19.9 Å². The molecule has 6 heteroatoms. The summed E-state index contributed by atoms with van der Waals surface area (Å²) in [6, 6.07) is 3.60. The van der Waals surface area contributed by atoms with Gasteiger partial charge in [0.1, 0.15) is 5.03 Å². The number of anilines is 1. The van der Waals surface area contributed by atoms with Gasteiger partial charge in [-0.2, -0.15) is 0 Å². The maximum Gasteiger partial charge on any atom is 0.283 e. The zero-order valence-corrected chi connectivity index (χ0v) is 11.0. The highest BCUT2D eigenvalue weighted by Gasteiger charge is 2.11. The first-order valence-electron chi connectivity index (χ1n) is 5.55. The van der Waals surface area contributed by atoms with Crippen molar-refractivity contribution in [3.8, 4) is 0 Å². The normalized spacial score (nSPS) is 10.8. The Morgan fingerprint density at radius 3 is 2.67 bits per heavy atom. The molecule has 2 heterocycles. The zero-order chi connectivity index (χ0) is 13.1. The first kappa shape index (κ1) is 12.6. The van der Waals surface area contributed by atoms with Crippen molar-refractivity contribution >= 4 is 17.4 Å². The molecule has 2 aromatic rings. The van der Waals surface area contributed by atoms with E-state index in [0.29, 0.717) is 15.7 Å². The molecule has 2 rings (SSSR count). The summed E-state index contributed by atoms with van der Waals surface area (Å²) in [6.07, 6.45) is 4.93. The van der Waals surface area contributed by atoms with Crippen LogP contribution < -0.4 is 11.3 Å². The molecule has 0 amide bonds. The molecule has 0 fully saturated rings. The lowest BCUT2D eigenvalue weighted by molar-refractivity contribution is 0.561. The molecule has 0 bridgehead atoms. The summed E-state index contributed by atoms with van der Waals surface area (Å²) in [6.45, 7) is 3.90. The minimum absolute atomic E-state index is 0.0981. The molecule has 2 N–H and O–H groups in total. The van der Waals surface area contributed by atoms with E-state index in [9.17, 15) is 4.79 Å². The summed E-state index contributed by atoms with van der Waals surface area (Å²) in [5, 5.41) is 0.986. The molecule has 0 saturated heterocycles. The lowest BCUT2D eigenvalue weighted by atomic mass is 10.4. The number of nitrogens with zero attached hydrogens (tertiary/aromatic N) is 3. The van der Waals surface area contributed by atoms with Gasteiger partial charge >= 0.3 is 0 Å². The summed E-state index contributed by atoms with van der Waals surface area (Å²) >= 11 is 1.19. The second-order valence-electron chi connectivity index (χ2n) is 4.04. The van der Waals surface area contributed by atoms with Gasteiger partial charge in [-0.1, -0.05) is 0 Å². The highest BCUT2D eigenvalue weighted by atomic mass is 32.2. The van der Waals surface area contributed by atoms with E-state index in [2.05, 4.69) is 9.97 Å². The standard InChI is InChI=1S/C12H14N4OS/c1-8(2)16-7-6-15-11(12(16)17)18-10-9(13)4-3-5-14-10/h3-8H,13H2,1-2H3. The maximum absolute atomic E-state index is 12.1. The predicted molar refractivity (Wildman–Crippen MR) is 71.7 cm³/mol. The van der Waals surface area contributed by atoms with E-state index in [4.69, 9.17) is 5.73 Å². The van der Waals surface area contributed by atoms with Crippen LogP contribution in [0, 0.1) is 0 Å². The summed E-state index contributed by atoms with van der Waals surface area (Å²) in [5.41, 5.74) is 6.22. The second-order valence-corrected chi connectivity index (χ2v) is 5.02. The van der Waals surface area contributed by atoms with Crippen molar-refractivity contribution in [2.45, 2.75) is 29.9 Å². The quantitative estimate of drug-likeness (QED) is 0.915. The van der Waals surface area contributed by atoms with Gasteiger partial charge in [0.2, 0.25) is 0 Å². The van der Waals surface area contributed by atoms with Crippen molar-refractivity contribution in [2.75, 3.05) is 5.73 Å². The molecular weight excluding hydrogens is 248 g/mol. The Labute approximate surface area is 109 Å². The molecule has 0 aliphatic rings. The fraction of sp³-hybridized carbons (Fsp3) is 0.250. The smallest absolute Gasteiger partial charge is 0.283 e. The number of aromatic nitrogens is 3. The Morgan fingerprint density at radius 2 is 2.00 bits per heavy atom. The third-order valence-electron chi connectivity index (χ3n) is 2.39. The molecule has 0 atom stereocenters. The molecule has 0 aliphatic heterocycles. The maximum atomic E-state index is 12.1. The van der Waals surface area contributed by atoms with Crippen molar-refractivity contribution in [1.29, 1.82) is 0 Å². The van der Waals surface area contributed by atoms with Gasteiger partial charge in [0, 0.05) is 24.6 Å². The summed E-state index contributed by atoms with van der Waals surface area (Å²) in [7, 11) is 0. The Bertz CT molecular complexity index is 609. The van der Waals surface area contributed by atoms with Gasteiger partial charge in [0.15, 0.2) is 5.03 Å². The van der Waals surface area contributed by atoms with Crippen LogP contribution in [-0.2, 0) is 0 Å². The largest absolute Gasteiger partial charge is 0.397 e. The van der Waals surface area contributed by atoms with Crippen molar-refractivity contribution in [3.05, 3.63) is 41.1 Å². The van der Waals surface area contributed by atoms with Crippen molar-refractivity contribution < 1.29 is 0 Å². The Hall–Kier alpha value is -1.82. The highest BCUT2D eigenvalue weighted by Crippen LogP contribution is 2.26. The van der Waals surface area contributed by atoms with Crippen LogP contribution in [0.15, 0.2) is 45.6 Å². The summed E-state index contributed by atoms with van der Waals surface area (Å²) in [4.78, 5) is 20.4. The zero-order valence-electron chi connectivity index (χ0n) is 10.2. The van der Waals surface area contributed by atoms with Crippen molar-refractivity contribution in [2.24, 2.45) is 0 Å². The van der Waals surface area contributed by atoms with Crippen molar-refractivity contribution in [1.82, 2.24) is 14.5 Å². The molecule has 2 aromatic heterocycles. The summed E-state index contributed by atoms with van der Waals surface area (Å²) < 4.78 is 1.63. The average Bonchev–Trinajstić information content (AvgIpc) is 2.34. The molecule has 0 spiro atoms. The van der Waals surface area contributed by atoms with Gasteiger partial charge in [0.05, 0.1) is 5.69 Å². The molecule has 5 nitrogen and oxygen atoms in total. The van der Waals surface area contributed by atoms with E-state index >= 15 is 0 Å². The molecule has 0 unspecified atom stereocenters. The second kappa shape index (κ2) is 5.22. The number of rotatable bonds is 3. The Morgan fingerprint density at radius 1 is 1.28 bits per heavy atom. The van der Waals surface area contributed by atoms with Crippen LogP contribution in [0.3, 0.4) is 0 Å². The van der Waals surface area contributed by atoms with E-state index in [1.165, 1.54) is 11.8 Å². The minimum atomic E-state index is -0.123. The van der Waals surface area contributed by atoms with Crippen molar-refractivity contribution in [3.63, 3.8) is 0 Å². The fourth-order valence-electron chi connectivity index (χ4n) is 1.46. The van der Waals surface area contributed by atoms with E-state index in [0.717, 1.165) is 0 Å². The van der Waals surface area contributed by atoms with Gasteiger partial charge < -0.3 is 10.3 Å². The predicted octanol–water partition coefficient (Wildman–Crippen LogP) is 1.95. The van der Waals surface area contributed by atoms with Crippen LogP contribution in [0.5, 0.6) is 0 Å². The average molecular weight is 262 g/mol. The molecule has 0 saturated carbocycles. The third kappa shape index (κ3) is 2.53. The Balaban J connectivity index is 2.39. The lowest BCUT2D eigenvalue weighted by Gasteiger charge is -2.10. The van der Waals surface area contributed by atoms with Gasteiger partial charge in [0.25, 0.3) is 5.56 Å². The first-order valence-corrected chi connectivity index (χ1v) is 6.36. The highest BCUT2D eigenvalue weighted by molar-refractivity contribution is 7.99. The molecule has 0 radical (unpaired) electrons. The number of hydrogen-bond donors (Lipinski definition) is 1. The fourth-order valence-corrected chi connectivity index (χ4v) is 2.25. The van der Waals surface area contributed by atoms with E-state index in [1.54, 1.807) is 35.3 Å². The monoisotopic (exact) mass is 262 g/mol. The van der Waals surface area contributed by atoms with Gasteiger partial charge in [-0.15, -0.1) is 0 Å². The molecule has 0 aromatic carbocycles. The SMILES string of the molecule is CC(C)n1ccnc(Sc2ncccc2N)c1=O. The molecule has 18 heavy (non-hydrogen) atoms. The number of hydrogen-bond acceptors (Lipinski definition) is 5. The Kier molecular flexibility index (Phi) is 3.66. The van der Waals surface area contributed by atoms with Crippen LogP contribution in [0.25, 0.3) is 0 Å². The molecule has 94 valence electrons. The number of pyridine rings is 1. The third-order valence-corrected chi connectivity index (χ3v) is 3.39.